The van der Waals surface area contributed by atoms with E-state index in [4.69, 9.17) is 16.0 Å². The monoisotopic (exact) mass is 377 g/mol. The van der Waals surface area contributed by atoms with Crippen LogP contribution in [0, 0.1) is 0 Å². The molecule has 1 N–H and O–H groups in total. The summed E-state index contributed by atoms with van der Waals surface area (Å²) in [6, 6.07) is 11.2. The molecule has 1 aromatic carbocycles. The predicted molar refractivity (Wildman–Crippen MR) is 94.5 cm³/mol. The fourth-order valence-electron chi connectivity index (χ4n) is 2.13. The van der Waals surface area contributed by atoms with E-state index in [0.717, 1.165) is 17.7 Å². The number of nitrogens with zero attached hydrogens (tertiary/aromatic N) is 4. The molecule has 0 aliphatic rings. The van der Waals surface area contributed by atoms with Crippen molar-refractivity contribution < 1.29 is 9.21 Å². The summed E-state index contributed by atoms with van der Waals surface area (Å²) in [6.45, 7) is 0.999. The van der Waals surface area contributed by atoms with Crippen LogP contribution in [-0.4, -0.2) is 38.4 Å². The highest BCUT2D eigenvalue weighted by molar-refractivity contribution is 7.99. The molecule has 3 aromatic rings. The number of halogens is 1. The number of aromatic nitrogens is 4. The SMILES string of the molecule is O=C(CSc1nnnn1Cc1ccco1)NCCc1ccc(Cl)cc1. The van der Waals surface area contributed by atoms with Gasteiger partial charge in [-0.05, 0) is 46.7 Å². The van der Waals surface area contributed by atoms with Gasteiger partial charge in [-0.25, -0.2) is 4.68 Å². The van der Waals surface area contributed by atoms with Crippen LogP contribution in [0.1, 0.15) is 11.3 Å². The van der Waals surface area contributed by atoms with Crippen LogP contribution in [0.2, 0.25) is 5.02 Å². The number of nitrogens with one attached hydrogen (secondary N) is 1. The molecule has 2 aromatic heterocycles. The maximum absolute atomic E-state index is 12.0. The number of tetrazole rings is 1. The summed E-state index contributed by atoms with van der Waals surface area (Å²) >= 11 is 7.13. The number of carbonyl (C=O) groups excluding carboxylic acids is 1. The third kappa shape index (κ3) is 5.33. The second kappa shape index (κ2) is 8.68. The lowest BCUT2D eigenvalue weighted by Crippen LogP contribution is -2.27. The lowest BCUT2D eigenvalue weighted by atomic mass is 10.1. The first-order chi connectivity index (χ1) is 12.2. The third-order valence-electron chi connectivity index (χ3n) is 3.37. The summed E-state index contributed by atoms with van der Waals surface area (Å²) in [4.78, 5) is 12.0. The van der Waals surface area contributed by atoms with Crippen molar-refractivity contribution in [3.05, 3.63) is 59.0 Å². The van der Waals surface area contributed by atoms with Crippen molar-refractivity contribution in [2.45, 2.75) is 18.1 Å². The molecular weight excluding hydrogens is 362 g/mol. The Balaban J connectivity index is 1.42. The van der Waals surface area contributed by atoms with Crippen LogP contribution in [0.3, 0.4) is 0 Å². The van der Waals surface area contributed by atoms with Crippen LogP contribution < -0.4 is 5.32 Å². The fraction of sp³-hybridized carbons (Fsp3) is 0.250. The Morgan fingerprint density at radius 2 is 2.12 bits per heavy atom. The molecule has 0 bridgehead atoms. The van der Waals surface area contributed by atoms with Crippen molar-refractivity contribution in [3.8, 4) is 0 Å². The van der Waals surface area contributed by atoms with Crippen molar-refractivity contribution in [1.29, 1.82) is 0 Å². The second-order valence-corrected chi connectivity index (χ2v) is 6.59. The van der Waals surface area contributed by atoms with E-state index in [1.54, 1.807) is 17.0 Å². The molecule has 0 atom stereocenters. The molecule has 0 unspecified atom stereocenters. The van der Waals surface area contributed by atoms with E-state index in [9.17, 15) is 4.79 Å². The minimum absolute atomic E-state index is 0.0634. The van der Waals surface area contributed by atoms with Gasteiger partial charge < -0.3 is 9.73 Å². The highest BCUT2D eigenvalue weighted by Gasteiger charge is 2.11. The Morgan fingerprint density at radius 3 is 2.88 bits per heavy atom. The highest BCUT2D eigenvalue weighted by atomic mass is 35.5. The van der Waals surface area contributed by atoms with Gasteiger partial charge in [0.25, 0.3) is 0 Å². The van der Waals surface area contributed by atoms with E-state index in [1.807, 2.05) is 30.3 Å². The van der Waals surface area contributed by atoms with Crippen molar-refractivity contribution >= 4 is 29.3 Å². The minimum Gasteiger partial charge on any atom is -0.467 e. The number of amides is 1. The number of benzene rings is 1. The molecule has 1 amide bonds. The first kappa shape index (κ1) is 17.5. The predicted octanol–water partition coefficient (Wildman–Crippen LogP) is 2.42. The molecule has 2 heterocycles. The normalized spacial score (nSPS) is 10.8. The van der Waals surface area contributed by atoms with Crippen molar-refractivity contribution in [3.63, 3.8) is 0 Å². The Labute approximate surface area is 153 Å². The minimum atomic E-state index is -0.0634. The molecule has 0 fully saturated rings. The van der Waals surface area contributed by atoms with E-state index in [2.05, 4.69) is 20.8 Å². The van der Waals surface area contributed by atoms with E-state index in [0.29, 0.717) is 23.3 Å². The number of thioether (sulfide) groups is 1. The van der Waals surface area contributed by atoms with Crippen molar-refractivity contribution in [2.75, 3.05) is 12.3 Å². The molecule has 0 radical (unpaired) electrons. The summed E-state index contributed by atoms with van der Waals surface area (Å²) in [5, 5.41) is 15.7. The zero-order valence-corrected chi connectivity index (χ0v) is 14.8. The molecule has 130 valence electrons. The molecule has 0 aliphatic heterocycles. The maximum atomic E-state index is 12.0. The van der Waals surface area contributed by atoms with Gasteiger partial charge in [-0.1, -0.05) is 35.5 Å². The van der Waals surface area contributed by atoms with Gasteiger partial charge in [0, 0.05) is 11.6 Å². The lowest BCUT2D eigenvalue weighted by Gasteiger charge is -2.05. The van der Waals surface area contributed by atoms with Crippen molar-refractivity contribution in [1.82, 2.24) is 25.5 Å². The number of carbonyl (C=O) groups is 1. The Morgan fingerprint density at radius 1 is 1.28 bits per heavy atom. The summed E-state index contributed by atoms with van der Waals surface area (Å²) in [5.74, 6) is 0.937. The molecule has 9 heteroatoms. The molecule has 25 heavy (non-hydrogen) atoms. The smallest absolute Gasteiger partial charge is 0.230 e. The van der Waals surface area contributed by atoms with Gasteiger partial charge in [0.2, 0.25) is 11.1 Å². The standard InChI is InChI=1S/C16H16ClN5O2S/c17-13-5-3-12(4-6-13)7-8-18-15(23)11-25-16-19-20-21-22(16)10-14-2-1-9-24-14/h1-6,9H,7-8,10-11H2,(H,18,23). The topological polar surface area (TPSA) is 85.8 Å². The zero-order chi connectivity index (χ0) is 17.5. The average molecular weight is 378 g/mol. The van der Waals surface area contributed by atoms with Gasteiger partial charge in [0.05, 0.1) is 12.0 Å². The maximum Gasteiger partial charge on any atom is 0.230 e. The summed E-state index contributed by atoms with van der Waals surface area (Å²) in [7, 11) is 0. The fourth-order valence-corrected chi connectivity index (χ4v) is 2.96. The third-order valence-corrected chi connectivity index (χ3v) is 4.58. The number of rotatable bonds is 8. The Kier molecular flexibility index (Phi) is 6.08. The van der Waals surface area contributed by atoms with Crippen LogP contribution in [0.15, 0.2) is 52.2 Å². The summed E-state index contributed by atoms with van der Waals surface area (Å²) in [5.41, 5.74) is 1.12. The van der Waals surface area contributed by atoms with Crippen LogP contribution in [0.5, 0.6) is 0 Å². The second-order valence-electron chi connectivity index (χ2n) is 5.21. The van der Waals surface area contributed by atoms with E-state index in [-0.39, 0.29) is 11.7 Å². The van der Waals surface area contributed by atoms with Crippen LogP contribution >= 0.6 is 23.4 Å². The molecular formula is C16H16ClN5O2S. The zero-order valence-electron chi connectivity index (χ0n) is 13.3. The first-order valence-corrected chi connectivity index (χ1v) is 8.99. The molecule has 0 spiro atoms. The molecule has 0 aliphatic carbocycles. The first-order valence-electron chi connectivity index (χ1n) is 7.63. The van der Waals surface area contributed by atoms with Gasteiger partial charge in [-0.2, -0.15) is 0 Å². The Bertz CT molecular complexity index is 804. The highest BCUT2D eigenvalue weighted by Crippen LogP contribution is 2.15. The number of furan rings is 1. The van der Waals surface area contributed by atoms with E-state index in [1.165, 1.54) is 11.8 Å². The van der Waals surface area contributed by atoms with Gasteiger partial charge in [-0.15, -0.1) is 5.10 Å². The largest absolute Gasteiger partial charge is 0.467 e. The molecule has 7 nitrogen and oxygen atoms in total. The van der Waals surface area contributed by atoms with Gasteiger partial charge in [-0.3, -0.25) is 4.79 Å². The summed E-state index contributed by atoms with van der Waals surface area (Å²) < 4.78 is 6.88. The lowest BCUT2D eigenvalue weighted by molar-refractivity contribution is -0.118. The van der Waals surface area contributed by atoms with Crippen LogP contribution in [0.4, 0.5) is 0 Å². The van der Waals surface area contributed by atoms with Crippen molar-refractivity contribution in [2.24, 2.45) is 0 Å². The number of hydrogen-bond donors (Lipinski definition) is 1. The number of hydrogen-bond acceptors (Lipinski definition) is 6. The van der Waals surface area contributed by atoms with E-state index < -0.39 is 0 Å². The summed E-state index contributed by atoms with van der Waals surface area (Å²) in [6.07, 6.45) is 2.35. The molecule has 0 saturated carbocycles. The van der Waals surface area contributed by atoms with Gasteiger partial charge in [0.1, 0.15) is 12.3 Å². The average Bonchev–Trinajstić information content (AvgIpc) is 3.27. The van der Waals surface area contributed by atoms with Gasteiger partial charge in [0.15, 0.2) is 0 Å². The van der Waals surface area contributed by atoms with Gasteiger partial charge >= 0.3 is 0 Å². The quantitative estimate of drug-likeness (QED) is 0.607. The van der Waals surface area contributed by atoms with Crippen LogP contribution in [-0.2, 0) is 17.8 Å². The molecule has 3 rings (SSSR count). The van der Waals surface area contributed by atoms with Crippen LogP contribution in [0.25, 0.3) is 0 Å². The Hall–Kier alpha value is -2.32. The molecule has 0 saturated heterocycles. The van der Waals surface area contributed by atoms with E-state index >= 15 is 0 Å².